The summed E-state index contributed by atoms with van der Waals surface area (Å²) in [5.74, 6) is 0.0536. The van der Waals surface area contributed by atoms with E-state index in [1.54, 1.807) is 0 Å². The van der Waals surface area contributed by atoms with Crippen molar-refractivity contribution in [3.63, 3.8) is 0 Å². The molecule has 1 aliphatic heterocycles. The van der Waals surface area contributed by atoms with Crippen LogP contribution in [0.2, 0.25) is 0 Å². The zero-order valence-corrected chi connectivity index (χ0v) is 10.9. The minimum absolute atomic E-state index is 0.0536. The Kier molecular flexibility index (Phi) is 3.57. The average Bonchev–Trinajstić information content (AvgIpc) is 2.39. The molecular formula is C14H20N2O2. The molecule has 4 nitrogen and oxygen atoms in total. The van der Waals surface area contributed by atoms with Crippen molar-refractivity contribution in [3.8, 4) is 0 Å². The van der Waals surface area contributed by atoms with E-state index in [9.17, 15) is 9.90 Å². The second kappa shape index (κ2) is 4.98. The van der Waals surface area contributed by atoms with Crippen molar-refractivity contribution in [3.05, 3.63) is 29.8 Å². The van der Waals surface area contributed by atoms with Crippen molar-refractivity contribution < 1.29 is 9.90 Å². The fourth-order valence-electron chi connectivity index (χ4n) is 2.25. The lowest BCUT2D eigenvalue weighted by molar-refractivity contribution is -0.120. The number of aliphatic hydroxyl groups is 1. The number of carbonyl (C=O) groups excluding carboxylic acids is 1. The van der Waals surface area contributed by atoms with Crippen LogP contribution in [0.3, 0.4) is 0 Å². The molecule has 0 saturated carbocycles. The minimum Gasteiger partial charge on any atom is -0.395 e. The zero-order chi connectivity index (χ0) is 13.2. The van der Waals surface area contributed by atoms with E-state index in [4.69, 9.17) is 0 Å². The Morgan fingerprint density at radius 3 is 2.78 bits per heavy atom. The van der Waals surface area contributed by atoms with Gasteiger partial charge >= 0.3 is 0 Å². The van der Waals surface area contributed by atoms with Crippen molar-refractivity contribution in [1.82, 2.24) is 5.32 Å². The second-order valence-electron chi connectivity index (χ2n) is 5.33. The minimum atomic E-state index is -0.301. The Labute approximate surface area is 108 Å². The van der Waals surface area contributed by atoms with Crippen LogP contribution in [-0.4, -0.2) is 37.3 Å². The summed E-state index contributed by atoms with van der Waals surface area (Å²) < 4.78 is 0. The average molecular weight is 248 g/mol. The largest absolute Gasteiger partial charge is 0.395 e. The van der Waals surface area contributed by atoms with Crippen molar-refractivity contribution in [2.75, 3.05) is 31.1 Å². The maximum absolute atomic E-state index is 11.5. The number of nitrogens with zero attached hydrogens (tertiary/aromatic N) is 1. The number of benzene rings is 1. The first kappa shape index (κ1) is 12.9. The molecule has 0 bridgehead atoms. The maximum atomic E-state index is 11.5. The molecule has 0 unspecified atom stereocenters. The Bertz CT molecular complexity index is 443. The summed E-state index contributed by atoms with van der Waals surface area (Å²) in [5.41, 5.74) is 1.83. The van der Waals surface area contributed by atoms with E-state index in [2.05, 4.69) is 10.2 Å². The molecule has 1 amide bonds. The van der Waals surface area contributed by atoms with Gasteiger partial charge in [-0.1, -0.05) is 32.0 Å². The summed E-state index contributed by atoms with van der Waals surface area (Å²) in [6.45, 7) is 5.98. The molecule has 1 fully saturated rings. The van der Waals surface area contributed by atoms with Crippen LogP contribution in [-0.2, 0) is 10.2 Å². The molecule has 1 aromatic rings. The van der Waals surface area contributed by atoms with E-state index in [1.807, 2.05) is 38.1 Å². The highest BCUT2D eigenvalue weighted by atomic mass is 16.3. The molecule has 0 atom stereocenters. The molecule has 18 heavy (non-hydrogen) atoms. The van der Waals surface area contributed by atoms with Gasteiger partial charge < -0.3 is 15.3 Å². The highest BCUT2D eigenvalue weighted by molar-refractivity contribution is 5.83. The zero-order valence-electron chi connectivity index (χ0n) is 10.9. The molecule has 1 heterocycles. The number of para-hydroxylation sites is 1. The van der Waals surface area contributed by atoms with Crippen molar-refractivity contribution in [1.29, 1.82) is 0 Å². The summed E-state index contributed by atoms with van der Waals surface area (Å²) in [5, 5.41) is 12.3. The van der Waals surface area contributed by atoms with Crippen LogP contribution in [0.4, 0.5) is 5.69 Å². The van der Waals surface area contributed by atoms with E-state index < -0.39 is 0 Å². The van der Waals surface area contributed by atoms with Crippen LogP contribution in [0, 0.1) is 0 Å². The monoisotopic (exact) mass is 248 g/mol. The number of piperazine rings is 1. The van der Waals surface area contributed by atoms with Crippen LogP contribution >= 0.6 is 0 Å². The van der Waals surface area contributed by atoms with Gasteiger partial charge in [0.15, 0.2) is 0 Å². The lowest BCUT2D eigenvalue weighted by atomic mass is 9.84. The first-order chi connectivity index (χ1) is 8.54. The van der Waals surface area contributed by atoms with Crippen LogP contribution in [0.25, 0.3) is 0 Å². The molecule has 2 N–H and O–H groups in total. The Hall–Kier alpha value is -1.55. The summed E-state index contributed by atoms with van der Waals surface area (Å²) in [7, 11) is 0. The first-order valence-corrected chi connectivity index (χ1v) is 6.26. The molecule has 0 aliphatic carbocycles. The number of amides is 1. The van der Waals surface area contributed by atoms with Crippen molar-refractivity contribution in [2.45, 2.75) is 19.3 Å². The molecule has 0 aromatic heterocycles. The van der Waals surface area contributed by atoms with Gasteiger partial charge in [-0.15, -0.1) is 0 Å². The van der Waals surface area contributed by atoms with Crippen LogP contribution in [0.5, 0.6) is 0 Å². The number of aliphatic hydroxyl groups excluding tert-OH is 1. The van der Waals surface area contributed by atoms with Crippen LogP contribution in [0.15, 0.2) is 24.3 Å². The lowest BCUT2D eigenvalue weighted by Gasteiger charge is -2.34. The van der Waals surface area contributed by atoms with Crippen molar-refractivity contribution >= 4 is 11.6 Å². The smallest absolute Gasteiger partial charge is 0.239 e. The second-order valence-corrected chi connectivity index (χ2v) is 5.33. The molecular weight excluding hydrogens is 228 g/mol. The van der Waals surface area contributed by atoms with E-state index >= 15 is 0 Å². The number of carbonyl (C=O) groups is 1. The molecule has 2 rings (SSSR count). The van der Waals surface area contributed by atoms with Gasteiger partial charge in [0.25, 0.3) is 0 Å². The van der Waals surface area contributed by atoms with Gasteiger partial charge in [0.2, 0.25) is 5.91 Å². The number of nitrogens with one attached hydrogen (secondary N) is 1. The highest BCUT2D eigenvalue weighted by Gasteiger charge is 2.26. The van der Waals surface area contributed by atoms with Gasteiger partial charge in [-0.05, 0) is 11.6 Å². The number of anilines is 1. The van der Waals surface area contributed by atoms with Gasteiger partial charge in [-0.3, -0.25) is 4.79 Å². The van der Waals surface area contributed by atoms with Gasteiger partial charge in [0, 0.05) is 24.2 Å². The summed E-state index contributed by atoms with van der Waals surface area (Å²) in [6.07, 6.45) is 0. The van der Waals surface area contributed by atoms with Gasteiger partial charge in [-0.2, -0.15) is 0 Å². The molecule has 4 heteroatoms. The lowest BCUT2D eigenvalue weighted by Crippen LogP contribution is -2.48. The Morgan fingerprint density at radius 2 is 2.11 bits per heavy atom. The topological polar surface area (TPSA) is 52.6 Å². The van der Waals surface area contributed by atoms with Gasteiger partial charge in [0.05, 0.1) is 13.2 Å². The maximum Gasteiger partial charge on any atom is 0.239 e. The standard InChI is InChI=1S/C14H20N2O2/c1-14(2,10-17)11-5-3-4-6-12(11)16-8-7-15-13(18)9-16/h3-6,17H,7-10H2,1-2H3,(H,15,18). The van der Waals surface area contributed by atoms with Gasteiger partial charge in [0.1, 0.15) is 0 Å². The van der Waals surface area contributed by atoms with Gasteiger partial charge in [-0.25, -0.2) is 0 Å². The highest BCUT2D eigenvalue weighted by Crippen LogP contribution is 2.32. The third-order valence-corrected chi connectivity index (χ3v) is 3.41. The third-order valence-electron chi connectivity index (χ3n) is 3.41. The molecule has 98 valence electrons. The Morgan fingerprint density at radius 1 is 1.39 bits per heavy atom. The quantitative estimate of drug-likeness (QED) is 0.835. The fraction of sp³-hybridized carbons (Fsp3) is 0.500. The molecule has 1 aliphatic rings. The van der Waals surface area contributed by atoms with E-state index in [-0.39, 0.29) is 17.9 Å². The molecule has 0 radical (unpaired) electrons. The predicted octanol–water partition coefficient (Wildman–Crippen LogP) is 0.893. The normalized spacial score (nSPS) is 16.6. The van der Waals surface area contributed by atoms with Crippen LogP contribution < -0.4 is 10.2 Å². The number of hydrogen-bond donors (Lipinski definition) is 2. The fourth-order valence-corrected chi connectivity index (χ4v) is 2.25. The molecule has 1 aromatic carbocycles. The number of rotatable bonds is 3. The summed E-state index contributed by atoms with van der Waals surface area (Å²) in [6, 6.07) is 7.99. The summed E-state index contributed by atoms with van der Waals surface area (Å²) >= 11 is 0. The first-order valence-electron chi connectivity index (χ1n) is 6.26. The number of hydrogen-bond acceptors (Lipinski definition) is 3. The van der Waals surface area contributed by atoms with E-state index in [1.165, 1.54) is 0 Å². The molecule has 1 saturated heterocycles. The van der Waals surface area contributed by atoms with E-state index in [0.29, 0.717) is 13.1 Å². The summed E-state index contributed by atoms with van der Waals surface area (Å²) in [4.78, 5) is 13.6. The third kappa shape index (κ3) is 2.48. The van der Waals surface area contributed by atoms with Crippen molar-refractivity contribution in [2.24, 2.45) is 0 Å². The Balaban J connectivity index is 2.35. The molecule has 0 spiro atoms. The predicted molar refractivity (Wildman–Crippen MR) is 71.8 cm³/mol. The SMILES string of the molecule is CC(C)(CO)c1ccccc1N1CCNC(=O)C1. The van der Waals surface area contributed by atoms with Crippen LogP contribution in [0.1, 0.15) is 19.4 Å². The van der Waals surface area contributed by atoms with E-state index in [0.717, 1.165) is 17.8 Å².